The van der Waals surface area contributed by atoms with Crippen LogP contribution < -0.4 is 5.73 Å². The van der Waals surface area contributed by atoms with Gasteiger partial charge in [0, 0.05) is 28.6 Å². The lowest BCUT2D eigenvalue weighted by Gasteiger charge is -2.19. The summed E-state index contributed by atoms with van der Waals surface area (Å²) in [6.45, 7) is 1.85. The molecule has 2 atom stereocenters. The number of hydrogen-bond donors (Lipinski definition) is 1. The molecule has 2 N–H and O–H groups in total. The number of nitrogen functional groups attached to an aromatic ring is 1. The molecule has 2 aromatic carbocycles. The fourth-order valence-electron chi connectivity index (χ4n) is 4.00. The molecule has 1 saturated carbocycles. The average Bonchev–Trinajstić information content (AvgIpc) is 3.19. The molecular formula is C20H22N2OS. The number of likely N-dealkylation sites (tertiary alicyclic amines) is 1. The molecule has 2 fully saturated rings. The van der Waals surface area contributed by atoms with Crippen molar-refractivity contribution in [2.45, 2.75) is 29.1 Å². The quantitative estimate of drug-likeness (QED) is 0.849. The van der Waals surface area contributed by atoms with Gasteiger partial charge in [-0.25, -0.2) is 0 Å². The SMILES string of the molecule is Nc1ccccc1Sc1ccccc1C(=O)N1C[C@H]2CCC[C@H]2C1. The van der Waals surface area contributed by atoms with Gasteiger partial charge in [0.2, 0.25) is 0 Å². The van der Waals surface area contributed by atoms with Crippen molar-refractivity contribution >= 4 is 23.4 Å². The van der Waals surface area contributed by atoms with Crippen LogP contribution in [0.15, 0.2) is 58.3 Å². The smallest absolute Gasteiger partial charge is 0.255 e. The number of fused-ring (bicyclic) bond motifs is 1. The van der Waals surface area contributed by atoms with E-state index in [-0.39, 0.29) is 5.91 Å². The molecule has 4 heteroatoms. The second-order valence-corrected chi connectivity index (χ2v) is 7.88. The first-order chi connectivity index (χ1) is 11.7. The second kappa shape index (κ2) is 6.52. The molecule has 4 rings (SSSR count). The number of hydrogen-bond acceptors (Lipinski definition) is 3. The number of rotatable bonds is 3. The van der Waals surface area contributed by atoms with Crippen molar-refractivity contribution in [2.75, 3.05) is 18.8 Å². The van der Waals surface area contributed by atoms with Crippen molar-refractivity contribution in [2.24, 2.45) is 11.8 Å². The summed E-state index contributed by atoms with van der Waals surface area (Å²) in [5.41, 5.74) is 7.61. The Labute approximate surface area is 147 Å². The highest BCUT2D eigenvalue weighted by Crippen LogP contribution is 2.39. The number of amides is 1. The number of carbonyl (C=O) groups excluding carboxylic acids is 1. The van der Waals surface area contributed by atoms with E-state index in [1.165, 1.54) is 19.3 Å². The standard InChI is InChI=1S/C20H22N2OS/c21-17-9-2-4-11-19(17)24-18-10-3-1-8-16(18)20(23)22-12-14-6-5-7-15(14)13-22/h1-4,8-11,14-15H,5-7,12-13,21H2/t14-,15+. The lowest BCUT2D eigenvalue weighted by molar-refractivity contribution is 0.0777. The maximum Gasteiger partial charge on any atom is 0.255 e. The molecule has 0 bridgehead atoms. The van der Waals surface area contributed by atoms with Crippen LogP contribution in [0.1, 0.15) is 29.6 Å². The third-order valence-corrected chi connectivity index (χ3v) is 6.44. The van der Waals surface area contributed by atoms with Crippen molar-refractivity contribution in [1.82, 2.24) is 4.90 Å². The number of nitrogens with two attached hydrogens (primary N) is 1. The van der Waals surface area contributed by atoms with Crippen LogP contribution in [0.4, 0.5) is 5.69 Å². The number of nitrogens with zero attached hydrogens (tertiary/aromatic N) is 1. The largest absolute Gasteiger partial charge is 0.398 e. The van der Waals surface area contributed by atoms with E-state index in [1.807, 2.05) is 48.5 Å². The summed E-state index contributed by atoms with van der Waals surface area (Å²) < 4.78 is 0. The first-order valence-electron chi connectivity index (χ1n) is 8.63. The molecule has 1 aliphatic heterocycles. The molecule has 0 spiro atoms. The second-order valence-electron chi connectivity index (χ2n) is 6.80. The van der Waals surface area contributed by atoms with E-state index in [0.29, 0.717) is 0 Å². The average molecular weight is 338 g/mol. The van der Waals surface area contributed by atoms with Crippen molar-refractivity contribution in [1.29, 1.82) is 0 Å². The molecule has 1 amide bonds. The van der Waals surface area contributed by atoms with Crippen LogP contribution >= 0.6 is 11.8 Å². The zero-order valence-electron chi connectivity index (χ0n) is 13.7. The van der Waals surface area contributed by atoms with Crippen molar-refractivity contribution in [3.8, 4) is 0 Å². The molecule has 1 saturated heterocycles. The third kappa shape index (κ3) is 2.91. The predicted molar refractivity (Wildman–Crippen MR) is 98.2 cm³/mol. The Morgan fingerprint density at radius 1 is 0.958 bits per heavy atom. The van der Waals surface area contributed by atoms with Crippen molar-refractivity contribution in [3.63, 3.8) is 0 Å². The van der Waals surface area contributed by atoms with Gasteiger partial charge in [-0.15, -0.1) is 0 Å². The number of para-hydroxylation sites is 1. The topological polar surface area (TPSA) is 46.3 Å². The van der Waals surface area contributed by atoms with Crippen LogP contribution in [0.5, 0.6) is 0 Å². The molecular weight excluding hydrogens is 316 g/mol. The molecule has 124 valence electrons. The molecule has 3 nitrogen and oxygen atoms in total. The maximum atomic E-state index is 13.1. The highest BCUT2D eigenvalue weighted by molar-refractivity contribution is 7.99. The van der Waals surface area contributed by atoms with Crippen LogP contribution in [0.25, 0.3) is 0 Å². The highest BCUT2D eigenvalue weighted by atomic mass is 32.2. The Morgan fingerprint density at radius 3 is 2.29 bits per heavy atom. The van der Waals surface area contributed by atoms with Gasteiger partial charge in [-0.2, -0.15) is 0 Å². The summed E-state index contributed by atoms with van der Waals surface area (Å²) in [4.78, 5) is 17.1. The van der Waals surface area contributed by atoms with Gasteiger partial charge in [-0.3, -0.25) is 4.79 Å². The fourth-order valence-corrected chi connectivity index (χ4v) is 4.98. The highest BCUT2D eigenvalue weighted by Gasteiger charge is 2.38. The van der Waals surface area contributed by atoms with E-state index >= 15 is 0 Å². The number of carbonyl (C=O) groups is 1. The summed E-state index contributed by atoms with van der Waals surface area (Å²) in [5, 5.41) is 0. The van der Waals surface area contributed by atoms with Crippen molar-refractivity contribution in [3.05, 3.63) is 54.1 Å². The van der Waals surface area contributed by atoms with Crippen LogP contribution in [-0.4, -0.2) is 23.9 Å². The lowest BCUT2D eigenvalue weighted by Crippen LogP contribution is -2.29. The first kappa shape index (κ1) is 15.6. The Kier molecular flexibility index (Phi) is 4.23. The minimum Gasteiger partial charge on any atom is -0.398 e. The summed E-state index contributed by atoms with van der Waals surface area (Å²) in [6, 6.07) is 15.7. The normalized spacial score (nSPS) is 22.6. The van der Waals surface area contributed by atoms with Gasteiger partial charge in [-0.05, 0) is 48.9 Å². The van der Waals surface area contributed by atoms with E-state index in [1.54, 1.807) is 11.8 Å². The van der Waals surface area contributed by atoms with Gasteiger partial charge in [0.05, 0.1) is 5.56 Å². The van der Waals surface area contributed by atoms with E-state index in [9.17, 15) is 4.79 Å². The van der Waals surface area contributed by atoms with Gasteiger partial charge in [0.25, 0.3) is 5.91 Å². The van der Waals surface area contributed by atoms with E-state index in [2.05, 4.69) is 4.90 Å². The monoisotopic (exact) mass is 338 g/mol. The number of benzene rings is 2. The fraction of sp³-hybridized carbons (Fsp3) is 0.350. The van der Waals surface area contributed by atoms with Crippen LogP contribution in [-0.2, 0) is 0 Å². The molecule has 24 heavy (non-hydrogen) atoms. The Balaban J connectivity index is 1.57. The summed E-state index contributed by atoms with van der Waals surface area (Å²) in [5.74, 6) is 1.61. The van der Waals surface area contributed by atoms with Gasteiger partial charge >= 0.3 is 0 Å². The maximum absolute atomic E-state index is 13.1. The summed E-state index contributed by atoms with van der Waals surface area (Å²) >= 11 is 1.58. The first-order valence-corrected chi connectivity index (χ1v) is 9.44. The zero-order chi connectivity index (χ0) is 16.5. The van der Waals surface area contributed by atoms with Crippen molar-refractivity contribution < 1.29 is 4.79 Å². The molecule has 2 aromatic rings. The van der Waals surface area contributed by atoms with Crippen LogP contribution in [0, 0.1) is 11.8 Å². The molecule has 1 heterocycles. The van der Waals surface area contributed by atoms with Gasteiger partial charge in [0.15, 0.2) is 0 Å². The Hall–Kier alpha value is -1.94. The third-order valence-electron chi connectivity index (χ3n) is 5.27. The van der Waals surface area contributed by atoms with Gasteiger partial charge in [0.1, 0.15) is 0 Å². The molecule has 1 aliphatic carbocycles. The predicted octanol–water partition coefficient (Wildman–Crippen LogP) is 4.29. The van der Waals surface area contributed by atoms with E-state index in [0.717, 1.165) is 46.0 Å². The minimum atomic E-state index is 0.169. The molecule has 0 unspecified atom stereocenters. The Bertz CT molecular complexity index is 749. The van der Waals surface area contributed by atoms with E-state index < -0.39 is 0 Å². The summed E-state index contributed by atoms with van der Waals surface area (Å²) in [6.07, 6.45) is 3.90. The number of anilines is 1. The lowest BCUT2D eigenvalue weighted by atomic mass is 10.0. The van der Waals surface area contributed by atoms with Crippen LogP contribution in [0.3, 0.4) is 0 Å². The van der Waals surface area contributed by atoms with Gasteiger partial charge in [-0.1, -0.05) is 42.4 Å². The van der Waals surface area contributed by atoms with Crippen LogP contribution in [0.2, 0.25) is 0 Å². The van der Waals surface area contributed by atoms with E-state index in [4.69, 9.17) is 5.73 Å². The minimum absolute atomic E-state index is 0.169. The molecule has 0 radical (unpaired) electrons. The molecule has 0 aromatic heterocycles. The molecule has 2 aliphatic rings. The Morgan fingerprint density at radius 2 is 1.58 bits per heavy atom. The summed E-state index contributed by atoms with van der Waals surface area (Å²) in [7, 11) is 0. The zero-order valence-corrected chi connectivity index (χ0v) is 14.5. The van der Waals surface area contributed by atoms with Gasteiger partial charge < -0.3 is 10.6 Å².